The van der Waals surface area contributed by atoms with Crippen molar-refractivity contribution in [3.05, 3.63) is 29.2 Å². The monoisotopic (exact) mass is 350 g/mol. The van der Waals surface area contributed by atoms with Crippen molar-refractivity contribution in [2.75, 3.05) is 12.4 Å². The third-order valence-electron chi connectivity index (χ3n) is 3.35. The zero-order valence-corrected chi connectivity index (χ0v) is 14.0. The number of aromatic nitrogens is 3. The average molecular weight is 351 g/mol. The van der Waals surface area contributed by atoms with Crippen molar-refractivity contribution in [3.63, 3.8) is 0 Å². The first kappa shape index (κ1) is 16.1. The Morgan fingerprint density at radius 1 is 1.42 bits per heavy atom. The first-order valence-electron chi connectivity index (χ1n) is 7.16. The van der Waals surface area contributed by atoms with Gasteiger partial charge in [0.05, 0.1) is 13.3 Å². The summed E-state index contributed by atoms with van der Waals surface area (Å²) >= 11 is 5.95. The molecule has 2 heterocycles. The second-order valence-corrected chi connectivity index (χ2v) is 5.29. The van der Waals surface area contributed by atoms with Crippen LogP contribution in [0, 0.1) is 0 Å². The molecule has 1 amide bonds. The number of nitrogens with zero attached hydrogens (tertiary/aromatic N) is 3. The lowest BCUT2D eigenvalue weighted by molar-refractivity contribution is 0.215. The summed E-state index contributed by atoms with van der Waals surface area (Å²) in [6, 6.07) is 3.24. The van der Waals surface area contributed by atoms with Crippen LogP contribution in [0.3, 0.4) is 0 Å². The predicted octanol–water partition coefficient (Wildman–Crippen LogP) is 3.40. The lowest BCUT2D eigenvalue weighted by atomic mass is 10.3. The minimum atomic E-state index is -0.721. The van der Waals surface area contributed by atoms with E-state index in [1.54, 1.807) is 19.2 Å². The number of methoxy groups -OCH3 is 1. The van der Waals surface area contributed by atoms with Crippen LogP contribution < -0.4 is 14.8 Å². The van der Waals surface area contributed by atoms with Crippen LogP contribution in [0.5, 0.6) is 11.5 Å². The average Bonchev–Trinajstić information content (AvgIpc) is 3.14. The fourth-order valence-corrected chi connectivity index (χ4v) is 2.39. The maximum Gasteiger partial charge on any atom is 0.418 e. The molecule has 3 rings (SSSR count). The molecule has 0 atom stereocenters. The highest BCUT2D eigenvalue weighted by atomic mass is 35.5. The molecule has 8 nitrogen and oxygen atoms in total. The molecule has 0 aliphatic carbocycles. The molecule has 0 radical (unpaired) electrons. The number of oxazole rings is 1. The van der Waals surface area contributed by atoms with Gasteiger partial charge in [-0.05, 0) is 12.1 Å². The Labute approximate surface area is 142 Å². The Bertz CT molecular complexity index is 883. The van der Waals surface area contributed by atoms with Gasteiger partial charge in [-0.25, -0.2) is 9.78 Å². The number of amides is 1. The molecule has 0 spiro atoms. The Kier molecular flexibility index (Phi) is 4.30. The van der Waals surface area contributed by atoms with E-state index in [2.05, 4.69) is 15.4 Å². The maximum atomic E-state index is 12.1. The number of hydrogen-bond acceptors (Lipinski definition) is 6. The summed E-state index contributed by atoms with van der Waals surface area (Å²) in [6.45, 7) is 1.91. The number of nitrogens with one attached hydrogen (secondary N) is 1. The van der Waals surface area contributed by atoms with Crippen LogP contribution in [0.1, 0.15) is 12.8 Å². The third-order valence-corrected chi connectivity index (χ3v) is 3.63. The molecule has 0 saturated heterocycles. The van der Waals surface area contributed by atoms with Crippen molar-refractivity contribution in [2.24, 2.45) is 7.05 Å². The van der Waals surface area contributed by atoms with Gasteiger partial charge in [0.15, 0.2) is 23.0 Å². The second-order valence-electron chi connectivity index (χ2n) is 4.88. The van der Waals surface area contributed by atoms with Gasteiger partial charge in [0, 0.05) is 13.5 Å². The molecule has 24 heavy (non-hydrogen) atoms. The molecule has 0 unspecified atom stereocenters. The standard InChI is InChI=1S/C15H15ClN4O4/c1-4-11-18-12-9(22-3)5-6-10(13(12)24-11)23-15(21)19-14-8(16)7-17-20(14)2/h5-7H,4H2,1-3H3,(H,19,21). The van der Waals surface area contributed by atoms with Gasteiger partial charge in [0.25, 0.3) is 0 Å². The molecular formula is C15H15ClN4O4. The summed E-state index contributed by atoms with van der Waals surface area (Å²) in [6.07, 6.45) is 1.31. The van der Waals surface area contributed by atoms with E-state index in [0.29, 0.717) is 40.0 Å². The van der Waals surface area contributed by atoms with Crippen LogP contribution in [-0.2, 0) is 13.5 Å². The molecule has 0 saturated carbocycles. The topological polar surface area (TPSA) is 91.4 Å². The number of halogens is 1. The molecule has 1 N–H and O–H groups in total. The fourth-order valence-electron chi connectivity index (χ4n) is 2.17. The molecule has 2 aromatic heterocycles. The third kappa shape index (κ3) is 2.88. The number of hydrogen-bond donors (Lipinski definition) is 1. The minimum absolute atomic E-state index is 0.230. The summed E-state index contributed by atoms with van der Waals surface area (Å²) in [4.78, 5) is 16.5. The van der Waals surface area contributed by atoms with Crippen molar-refractivity contribution < 1.29 is 18.7 Å². The van der Waals surface area contributed by atoms with E-state index in [1.807, 2.05) is 6.92 Å². The Hall–Kier alpha value is -2.74. The van der Waals surface area contributed by atoms with Crippen molar-refractivity contribution in [2.45, 2.75) is 13.3 Å². The van der Waals surface area contributed by atoms with Gasteiger partial charge in [0.2, 0.25) is 5.58 Å². The Morgan fingerprint density at radius 3 is 2.79 bits per heavy atom. The maximum absolute atomic E-state index is 12.1. The van der Waals surface area contributed by atoms with E-state index in [-0.39, 0.29) is 5.75 Å². The number of rotatable bonds is 4. The van der Waals surface area contributed by atoms with Crippen molar-refractivity contribution in [1.29, 1.82) is 0 Å². The number of fused-ring (bicyclic) bond motifs is 1. The van der Waals surface area contributed by atoms with E-state index in [0.717, 1.165) is 0 Å². The SMILES string of the molecule is CCc1nc2c(OC)ccc(OC(=O)Nc3c(Cl)cnn3C)c2o1. The molecule has 0 aliphatic rings. The van der Waals surface area contributed by atoms with Crippen LogP contribution in [0.25, 0.3) is 11.1 Å². The summed E-state index contributed by atoms with van der Waals surface area (Å²) in [5, 5.41) is 6.78. The number of aryl methyl sites for hydroxylation is 2. The van der Waals surface area contributed by atoms with Gasteiger partial charge in [0.1, 0.15) is 10.8 Å². The molecule has 0 fully saturated rings. The normalized spacial score (nSPS) is 10.8. The lowest BCUT2D eigenvalue weighted by Crippen LogP contribution is -2.19. The highest BCUT2D eigenvalue weighted by Crippen LogP contribution is 2.34. The highest BCUT2D eigenvalue weighted by molar-refractivity contribution is 6.33. The molecule has 0 bridgehead atoms. The number of carbonyl (C=O) groups is 1. The highest BCUT2D eigenvalue weighted by Gasteiger charge is 2.18. The number of ether oxygens (including phenoxy) is 2. The van der Waals surface area contributed by atoms with Gasteiger partial charge in [-0.2, -0.15) is 5.10 Å². The second kappa shape index (κ2) is 6.40. The molecule has 126 valence electrons. The molecule has 9 heteroatoms. The van der Waals surface area contributed by atoms with Gasteiger partial charge < -0.3 is 13.9 Å². The first-order valence-corrected chi connectivity index (χ1v) is 7.54. The van der Waals surface area contributed by atoms with E-state index in [9.17, 15) is 4.79 Å². The van der Waals surface area contributed by atoms with Gasteiger partial charge in [-0.3, -0.25) is 10.00 Å². The van der Waals surface area contributed by atoms with Crippen molar-refractivity contribution in [3.8, 4) is 11.5 Å². The van der Waals surface area contributed by atoms with Crippen LogP contribution in [0.4, 0.5) is 10.6 Å². The van der Waals surface area contributed by atoms with E-state index in [4.69, 9.17) is 25.5 Å². The summed E-state index contributed by atoms with van der Waals surface area (Å²) in [5.74, 6) is 1.62. The van der Waals surface area contributed by atoms with E-state index < -0.39 is 6.09 Å². The van der Waals surface area contributed by atoms with Gasteiger partial charge in [-0.15, -0.1) is 0 Å². The summed E-state index contributed by atoms with van der Waals surface area (Å²) in [5.41, 5.74) is 0.843. The zero-order chi connectivity index (χ0) is 17.3. The Balaban J connectivity index is 1.89. The first-order chi connectivity index (χ1) is 11.5. The van der Waals surface area contributed by atoms with Crippen LogP contribution >= 0.6 is 11.6 Å². The quantitative estimate of drug-likeness (QED) is 0.775. The van der Waals surface area contributed by atoms with Crippen molar-refractivity contribution in [1.82, 2.24) is 14.8 Å². The largest absolute Gasteiger partial charge is 0.494 e. The van der Waals surface area contributed by atoms with Crippen LogP contribution in [0.15, 0.2) is 22.7 Å². The minimum Gasteiger partial charge on any atom is -0.494 e. The van der Waals surface area contributed by atoms with Crippen LogP contribution in [0.2, 0.25) is 5.02 Å². The van der Waals surface area contributed by atoms with E-state index in [1.165, 1.54) is 18.0 Å². The summed E-state index contributed by atoms with van der Waals surface area (Å²) < 4.78 is 17.6. The smallest absolute Gasteiger partial charge is 0.418 e. The fraction of sp³-hybridized carbons (Fsp3) is 0.267. The number of anilines is 1. The van der Waals surface area contributed by atoms with Gasteiger partial charge >= 0.3 is 6.09 Å². The molecular weight excluding hydrogens is 336 g/mol. The molecule has 3 aromatic rings. The number of carbonyl (C=O) groups excluding carboxylic acids is 1. The zero-order valence-electron chi connectivity index (χ0n) is 13.3. The lowest BCUT2D eigenvalue weighted by Gasteiger charge is -2.08. The van der Waals surface area contributed by atoms with E-state index >= 15 is 0 Å². The van der Waals surface area contributed by atoms with Gasteiger partial charge in [-0.1, -0.05) is 18.5 Å². The molecule has 1 aromatic carbocycles. The number of benzene rings is 1. The molecule has 0 aliphatic heterocycles. The summed E-state index contributed by atoms with van der Waals surface area (Å²) in [7, 11) is 3.18. The van der Waals surface area contributed by atoms with Crippen molar-refractivity contribution >= 4 is 34.6 Å². The predicted molar refractivity (Wildman–Crippen MR) is 87.8 cm³/mol. The Morgan fingerprint density at radius 2 is 2.17 bits per heavy atom. The van der Waals surface area contributed by atoms with Crippen LogP contribution in [-0.4, -0.2) is 28.0 Å².